The Morgan fingerprint density at radius 1 is 0.525 bits per heavy atom. The van der Waals surface area contributed by atoms with Gasteiger partial charge >= 0.3 is 0 Å². The van der Waals surface area contributed by atoms with E-state index in [1.807, 2.05) is 0 Å². The third-order valence-electron chi connectivity index (χ3n) is 8.73. The van der Waals surface area contributed by atoms with E-state index >= 15 is 0 Å². The first kappa shape index (κ1) is 24.6. The zero-order valence-corrected chi connectivity index (χ0v) is 24.5. The quantitative estimate of drug-likeness (QED) is 0.206. The lowest BCUT2D eigenvalue weighted by Gasteiger charge is -2.38. The maximum atomic E-state index is 5.58. The van der Waals surface area contributed by atoms with Crippen molar-refractivity contribution in [1.82, 2.24) is 0 Å². The Morgan fingerprint density at radius 2 is 1.10 bits per heavy atom. The summed E-state index contributed by atoms with van der Waals surface area (Å²) in [5.74, 6) is 0.876. The Kier molecular flexibility index (Phi) is 5.76. The molecule has 0 N–H and O–H groups in total. The van der Waals surface area contributed by atoms with Gasteiger partial charge in [0.2, 0.25) is 0 Å². The first-order chi connectivity index (χ1) is 19.5. The van der Waals surface area contributed by atoms with Gasteiger partial charge in [0.1, 0.15) is 13.8 Å². The van der Waals surface area contributed by atoms with Gasteiger partial charge in [-0.2, -0.15) is 0 Å². The summed E-state index contributed by atoms with van der Waals surface area (Å²) in [4.78, 5) is 0. The molecule has 1 nitrogen and oxygen atoms in total. The van der Waals surface area contributed by atoms with Gasteiger partial charge < -0.3 is 4.74 Å². The van der Waals surface area contributed by atoms with Crippen LogP contribution in [0.2, 0.25) is 13.1 Å². The molecule has 6 aromatic carbocycles. The number of benzene rings is 6. The minimum atomic E-state index is -2.16. The second-order valence-corrected chi connectivity index (χ2v) is 15.6. The molecular formula is C38H32OSi. The molecule has 0 radical (unpaired) electrons. The zero-order valence-electron chi connectivity index (χ0n) is 23.5. The lowest BCUT2D eigenvalue weighted by Crippen LogP contribution is -2.57. The number of rotatable bonds is 4. The number of methoxy groups -OCH3 is 1. The van der Waals surface area contributed by atoms with E-state index in [0.717, 1.165) is 5.75 Å². The molecule has 0 amide bonds. The summed E-state index contributed by atoms with van der Waals surface area (Å²) in [5, 5.41) is 5.82. The van der Waals surface area contributed by atoms with E-state index in [0.29, 0.717) is 0 Å². The summed E-state index contributed by atoms with van der Waals surface area (Å²) in [6.45, 7) is 7.43. The first-order valence-corrected chi connectivity index (χ1v) is 17.0. The van der Waals surface area contributed by atoms with Crippen LogP contribution in [0.25, 0.3) is 55.3 Å². The topological polar surface area (TPSA) is 9.23 Å². The van der Waals surface area contributed by atoms with E-state index in [9.17, 15) is 0 Å². The minimum absolute atomic E-state index is 0.876. The zero-order chi connectivity index (χ0) is 27.4. The summed E-state index contributed by atoms with van der Waals surface area (Å²) < 4.78 is 5.58. The third-order valence-corrected chi connectivity index (χ3v) is 12.2. The summed E-state index contributed by atoms with van der Waals surface area (Å²) >= 11 is 0. The van der Waals surface area contributed by atoms with Crippen LogP contribution in [0.5, 0.6) is 5.75 Å². The number of hydrogen-bond acceptors (Lipinski definition) is 1. The normalized spacial score (nSPS) is 13.2. The van der Waals surface area contributed by atoms with Crippen molar-refractivity contribution in [3.8, 4) is 50.3 Å². The van der Waals surface area contributed by atoms with Gasteiger partial charge in [-0.05, 0) is 90.3 Å². The van der Waals surface area contributed by atoms with Gasteiger partial charge in [0.15, 0.2) is 0 Å². The lowest BCUT2D eigenvalue weighted by molar-refractivity contribution is 0.415. The molecular weight excluding hydrogens is 501 g/mol. The molecule has 0 fully saturated rings. The fraction of sp³-hybridized carbons (Fsp3) is 0.105. The van der Waals surface area contributed by atoms with Crippen LogP contribution < -0.4 is 15.1 Å². The minimum Gasteiger partial charge on any atom is -0.497 e. The van der Waals surface area contributed by atoms with Crippen molar-refractivity contribution in [1.29, 1.82) is 0 Å². The average molecular weight is 533 g/mol. The van der Waals surface area contributed by atoms with Crippen molar-refractivity contribution >= 4 is 29.2 Å². The van der Waals surface area contributed by atoms with Crippen molar-refractivity contribution in [2.75, 3.05) is 7.11 Å². The molecule has 0 saturated heterocycles. The van der Waals surface area contributed by atoms with E-state index in [1.54, 1.807) is 7.11 Å². The highest BCUT2D eigenvalue weighted by Gasteiger charge is 2.40. The van der Waals surface area contributed by atoms with E-state index in [2.05, 4.69) is 141 Å². The van der Waals surface area contributed by atoms with Gasteiger partial charge in [0.25, 0.3) is 0 Å². The fourth-order valence-corrected chi connectivity index (χ4v) is 10.5. The Labute approximate surface area is 237 Å². The van der Waals surface area contributed by atoms with Crippen LogP contribution in [-0.4, -0.2) is 15.2 Å². The maximum absolute atomic E-state index is 5.58. The van der Waals surface area contributed by atoms with E-state index in [-0.39, 0.29) is 0 Å². The summed E-state index contributed by atoms with van der Waals surface area (Å²) in [7, 11) is -0.427. The molecule has 0 aliphatic carbocycles. The first-order valence-electron chi connectivity index (χ1n) is 14.0. The molecule has 194 valence electrons. The molecule has 0 aromatic heterocycles. The fourth-order valence-electron chi connectivity index (χ4n) is 6.95. The molecule has 0 bridgehead atoms. The summed E-state index contributed by atoms with van der Waals surface area (Å²) in [5.41, 5.74) is 11.9. The van der Waals surface area contributed by atoms with E-state index < -0.39 is 8.07 Å². The van der Waals surface area contributed by atoms with E-state index in [1.165, 1.54) is 71.2 Å². The molecule has 0 spiro atoms. The van der Waals surface area contributed by atoms with Gasteiger partial charge in [0.05, 0.1) is 7.11 Å². The van der Waals surface area contributed by atoms with Crippen molar-refractivity contribution in [2.24, 2.45) is 0 Å². The Bertz CT molecular complexity index is 1880. The van der Waals surface area contributed by atoms with Crippen molar-refractivity contribution in [2.45, 2.75) is 20.0 Å². The van der Waals surface area contributed by atoms with Crippen LogP contribution in [0, 0.1) is 6.92 Å². The Morgan fingerprint density at radius 3 is 1.73 bits per heavy atom. The smallest absolute Gasteiger partial charge is 0.118 e. The molecule has 0 atom stereocenters. The summed E-state index contributed by atoms with van der Waals surface area (Å²) in [6.07, 6.45) is 0. The van der Waals surface area contributed by atoms with Crippen molar-refractivity contribution in [3.05, 3.63) is 127 Å². The summed E-state index contributed by atoms with van der Waals surface area (Å²) in [6, 6.07) is 44.4. The third kappa shape index (κ3) is 3.60. The van der Waals surface area contributed by atoms with Crippen LogP contribution >= 0.6 is 0 Å². The van der Waals surface area contributed by atoms with Crippen LogP contribution in [-0.2, 0) is 0 Å². The van der Waals surface area contributed by atoms with Gasteiger partial charge in [-0.3, -0.25) is 0 Å². The standard InChI is InChI=1S/C38H32OSi/c1-25-33(26-13-7-5-8-14-26)36(28-15-9-6-10-16-28)37(29-21-23-30(39-2)24-22-29)38-34(25)31-19-11-17-27-18-12-20-32(35(27)31)40(38,3)4/h5-24H,1-4H3. The molecule has 6 aromatic rings. The number of fused-ring (bicyclic) bond motifs is 2. The van der Waals surface area contributed by atoms with Gasteiger partial charge in [-0.25, -0.2) is 0 Å². The van der Waals surface area contributed by atoms with Gasteiger partial charge in [0, 0.05) is 0 Å². The number of hydrogen-bond donors (Lipinski definition) is 0. The van der Waals surface area contributed by atoms with Crippen molar-refractivity contribution < 1.29 is 4.74 Å². The monoisotopic (exact) mass is 532 g/mol. The Hall–Kier alpha value is -4.40. The molecule has 7 rings (SSSR count). The van der Waals surface area contributed by atoms with E-state index in [4.69, 9.17) is 4.74 Å². The molecule has 2 heteroatoms. The largest absolute Gasteiger partial charge is 0.497 e. The van der Waals surface area contributed by atoms with Crippen LogP contribution in [0.3, 0.4) is 0 Å². The molecule has 0 saturated carbocycles. The predicted molar refractivity (Wildman–Crippen MR) is 174 cm³/mol. The highest BCUT2D eigenvalue weighted by atomic mass is 28.3. The molecule has 0 unspecified atom stereocenters. The number of ether oxygens (including phenoxy) is 1. The molecule has 1 heterocycles. The molecule has 40 heavy (non-hydrogen) atoms. The maximum Gasteiger partial charge on any atom is 0.118 e. The highest BCUT2D eigenvalue weighted by molar-refractivity contribution is 7.04. The highest BCUT2D eigenvalue weighted by Crippen LogP contribution is 2.48. The molecule has 1 aliphatic heterocycles. The lowest BCUT2D eigenvalue weighted by atomic mass is 9.80. The average Bonchev–Trinajstić information content (AvgIpc) is 3.00. The second kappa shape index (κ2) is 9.36. The predicted octanol–water partition coefficient (Wildman–Crippen LogP) is 8.96. The SMILES string of the molecule is COc1ccc(-c2c(-c3ccccc3)c(-c3ccccc3)c(C)c3c2[Si](C)(C)c2cccc4cccc-3c24)cc1. The second-order valence-electron chi connectivity index (χ2n) is 11.3. The Balaban J connectivity index is 1.75. The van der Waals surface area contributed by atoms with Crippen molar-refractivity contribution in [3.63, 3.8) is 0 Å². The van der Waals surface area contributed by atoms with Crippen LogP contribution in [0.15, 0.2) is 121 Å². The molecule has 1 aliphatic rings. The van der Waals surface area contributed by atoms with Crippen LogP contribution in [0.4, 0.5) is 0 Å². The van der Waals surface area contributed by atoms with Crippen LogP contribution in [0.1, 0.15) is 5.56 Å². The van der Waals surface area contributed by atoms with Gasteiger partial charge in [-0.15, -0.1) is 0 Å². The van der Waals surface area contributed by atoms with Gasteiger partial charge in [-0.1, -0.05) is 122 Å².